The molecule has 0 aliphatic carbocycles. The Bertz CT molecular complexity index is 331. The normalized spacial score (nSPS) is 16.3. The maximum atomic E-state index is 11.7. The van der Waals surface area contributed by atoms with Gasteiger partial charge in [-0.15, -0.1) is 0 Å². The molecule has 148 valence electrons. The molecule has 2 aliphatic rings. The molecule has 2 fully saturated rings. The minimum Gasteiger partial charge on any atom is -0.481 e. The number of carbonyl (C=O) groups excluding carboxylic acids is 1. The Labute approximate surface area is 154 Å². The molecule has 2 saturated heterocycles. The van der Waals surface area contributed by atoms with Crippen molar-refractivity contribution in [1.29, 1.82) is 0 Å². The van der Waals surface area contributed by atoms with E-state index in [0.717, 1.165) is 38.8 Å². The van der Waals surface area contributed by atoms with Gasteiger partial charge in [0.2, 0.25) is 5.91 Å². The number of amides is 1. The zero-order valence-corrected chi connectivity index (χ0v) is 16.9. The Morgan fingerprint density at radius 3 is 1.52 bits per heavy atom. The molecule has 0 aromatic heterocycles. The summed E-state index contributed by atoms with van der Waals surface area (Å²) in [4.78, 5) is 23.9. The highest BCUT2D eigenvalue weighted by Crippen LogP contribution is 2.16. The molecule has 0 aromatic rings. The third kappa shape index (κ3) is 10.5. The smallest absolute Gasteiger partial charge is 0.306 e. The van der Waals surface area contributed by atoms with Crippen LogP contribution in [-0.4, -0.2) is 48.1 Å². The van der Waals surface area contributed by atoms with E-state index < -0.39 is 5.97 Å². The second-order valence-electron chi connectivity index (χ2n) is 6.85. The molecular weight excluding hydrogens is 316 g/mol. The van der Waals surface area contributed by atoms with E-state index in [1.807, 2.05) is 18.7 Å². The lowest BCUT2D eigenvalue weighted by atomic mass is 10.0. The maximum Gasteiger partial charge on any atom is 0.306 e. The van der Waals surface area contributed by atoms with E-state index in [0.29, 0.717) is 5.91 Å². The molecule has 5 nitrogen and oxygen atoms in total. The molecule has 0 radical (unpaired) electrons. The monoisotopic (exact) mass is 356 g/mol. The van der Waals surface area contributed by atoms with Gasteiger partial charge in [-0.25, -0.2) is 0 Å². The van der Waals surface area contributed by atoms with Gasteiger partial charge in [0.15, 0.2) is 0 Å². The minimum atomic E-state index is -0.671. The topological polar surface area (TPSA) is 69.6 Å². The van der Waals surface area contributed by atoms with E-state index in [1.165, 1.54) is 38.8 Å². The predicted molar refractivity (Wildman–Crippen MR) is 104 cm³/mol. The summed E-state index contributed by atoms with van der Waals surface area (Å²) in [6.45, 7) is 12.5. The molecule has 0 aromatic carbocycles. The van der Waals surface area contributed by atoms with Crippen molar-refractivity contribution >= 4 is 11.9 Å². The van der Waals surface area contributed by atoms with Crippen molar-refractivity contribution in [1.82, 2.24) is 10.2 Å². The van der Waals surface area contributed by atoms with Crippen LogP contribution in [-0.2, 0) is 9.59 Å². The van der Waals surface area contributed by atoms with Crippen molar-refractivity contribution in [2.24, 2.45) is 11.8 Å². The molecule has 25 heavy (non-hydrogen) atoms. The number of likely N-dealkylation sites (tertiary alicyclic amines) is 1. The third-order valence-corrected chi connectivity index (χ3v) is 5.04. The molecule has 2 N–H and O–H groups in total. The van der Waals surface area contributed by atoms with Crippen LogP contribution in [0.2, 0.25) is 0 Å². The molecule has 0 spiro atoms. The first-order chi connectivity index (χ1) is 12.0. The summed E-state index contributed by atoms with van der Waals surface area (Å²) in [5, 5.41) is 11.6. The van der Waals surface area contributed by atoms with E-state index in [9.17, 15) is 9.59 Å². The molecule has 0 atom stereocenters. The van der Waals surface area contributed by atoms with Crippen molar-refractivity contribution in [3.8, 4) is 0 Å². The van der Waals surface area contributed by atoms with Crippen LogP contribution in [0.5, 0.6) is 0 Å². The lowest BCUT2D eigenvalue weighted by Gasteiger charge is -2.20. The van der Waals surface area contributed by atoms with Gasteiger partial charge in [0.1, 0.15) is 0 Å². The Morgan fingerprint density at radius 1 is 0.840 bits per heavy atom. The average Bonchev–Trinajstić information content (AvgIpc) is 3.33. The first kappa shape index (κ1) is 23.9. The summed E-state index contributed by atoms with van der Waals surface area (Å²) >= 11 is 0. The number of hydrogen-bond acceptors (Lipinski definition) is 3. The number of carboxylic acids is 1. The van der Waals surface area contributed by atoms with Gasteiger partial charge in [-0.2, -0.15) is 0 Å². The summed E-state index contributed by atoms with van der Waals surface area (Å²) < 4.78 is 0. The van der Waals surface area contributed by atoms with Crippen LogP contribution in [0, 0.1) is 11.8 Å². The Balaban J connectivity index is 0.000000380. The lowest BCUT2D eigenvalue weighted by molar-refractivity contribution is -0.142. The second-order valence-corrected chi connectivity index (χ2v) is 6.85. The van der Waals surface area contributed by atoms with Gasteiger partial charge in [-0.05, 0) is 64.5 Å². The highest BCUT2D eigenvalue weighted by molar-refractivity contribution is 5.78. The van der Waals surface area contributed by atoms with Gasteiger partial charge >= 0.3 is 5.97 Å². The molecule has 0 saturated carbocycles. The molecule has 2 aliphatic heterocycles. The molecular formula is C20H40N2O3. The fourth-order valence-electron chi connectivity index (χ4n) is 3.10. The summed E-state index contributed by atoms with van der Waals surface area (Å²) in [6.07, 6.45) is 8.65. The standard InChI is InChI=1S/C10H19NO.C6H12O2.C4H9N/c1-3-9(4-2)10(12)11-7-5-6-8-11;1-3-5(4-2)6(7)8;1-2-4-5-3-1/h9H,3-8H2,1-2H3;5H,3-4H2,1-2H3,(H,7,8);5H,1-4H2. The fourth-order valence-corrected chi connectivity index (χ4v) is 3.10. The van der Waals surface area contributed by atoms with Gasteiger partial charge in [-0.1, -0.05) is 27.7 Å². The van der Waals surface area contributed by atoms with Crippen molar-refractivity contribution in [2.45, 2.75) is 79.1 Å². The lowest BCUT2D eigenvalue weighted by Crippen LogP contribution is -2.33. The van der Waals surface area contributed by atoms with Crippen LogP contribution in [0.1, 0.15) is 79.1 Å². The Hall–Kier alpha value is -1.10. The van der Waals surface area contributed by atoms with E-state index in [-0.39, 0.29) is 11.8 Å². The van der Waals surface area contributed by atoms with Crippen molar-refractivity contribution in [2.75, 3.05) is 26.2 Å². The highest BCUT2D eigenvalue weighted by Gasteiger charge is 2.23. The maximum absolute atomic E-state index is 11.7. The number of carbonyl (C=O) groups is 2. The van der Waals surface area contributed by atoms with Gasteiger partial charge < -0.3 is 15.3 Å². The molecule has 0 bridgehead atoms. The number of rotatable bonds is 6. The van der Waals surface area contributed by atoms with Gasteiger partial charge in [0.25, 0.3) is 0 Å². The Morgan fingerprint density at radius 2 is 1.28 bits per heavy atom. The second kappa shape index (κ2) is 15.2. The summed E-state index contributed by atoms with van der Waals surface area (Å²) in [7, 11) is 0. The summed E-state index contributed by atoms with van der Waals surface area (Å²) in [5.74, 6) is -0.134. The van der Waals surface area contributed by atoms with E-state index >= 15 is 0 Å². The summed E-state index contributed by atoms with van der Waals surface area (Å²) in [6, 6.07) is 0. The van der Waals surface area contributed by atoms with Gasteiger partial charge in [0, 0.05) is 19.0 Å². The number of nitrogens with zero attached hydrogens (tertiary/aromatic N) is 1. The molecule has 0 unspecified atom stereocenters. The fraction of sp³-hybridized carbons (Fsp3) is 0.900. The zero-order valence-electron chi connectivity index (χ0n) is 16.9. The van der Waals surface area contributed by atoms with E-state index in [4.69, 9.17) is 5.11 Å². The Kier molecular flexibility index (Phi) is 14.5. The SMILES string of the molecule is C1CCNC1.CCC(CC)C(=O)N1CCCC1.CCC(CC)C(=O)O. The van der Waals surface area contributed by atoms with Crippen LogP contribution in [0.4, 0.5) is 0 Å². The quantitative estimate of drug-likeness (QED) is 0.757. The van der Waals surface area contributed by atoms with Gasteiger partial charge in [-0.3, -0.25) is 9.59 Å². The number of carboxylic acid groups (broad SMARTS) is 1. The molecule has 2 heterocycles. The van der Waals surface area contributed by atoms with Crippen molar-refractivity contribution < 1.29 is 14.7 Å². The van der Waals surface area contributed by atoms with E-state index in [1.54, 1.807) is 0 Å². The molecule has 1 amide bonds. The summed E-state index contributed by atoms with van der Waals surface area (Å²) in [5.41, 5.74) is 0. The first-order valence-corrected chi connectivity index (χ1v) is 10.2. The molecule has 2 rings (SSSR count). The van der Waals surface area contributed by atoms with Crippen molar-refractivity contribution in [3.63, 3.8) is 0 Å². The predicted octanol–water partition coefficient (Wildman–Crippen LogP) is 3.92. The van der Waals surface area contributed by atoms with Crippen LogP contribution in [0.3, 0.4) is 0 Å². The largest absolute Gasteiger partial charge is 0.481 e. The third-order valence-electron chi connectivity index (χ3n) is 5.04. The van der Waals surface area contributed by atoms with Crippen LogP contribution in [0.15, 0.2) is 0 Å². The number of aliphatic carboxylic acids is 1. The first-order valence-electron chi connectivity index (χ1n) is 10.2. The van der Waals surface area contributed by atoms with Crippen LogP contribution < -0.4 is 5.32 Å². The van der Waals surface area contributed by atoms with Crippen molar-refractivity contribution in [3.05, 3.63) is 0 Å². The zero-order chi connectivity index (χ0) is 19.1. The number of nitrogens with one attached hydrogen (secondary N) is 1. The van der Waals surface area contributed by atoms with E-state index in [2.05, 4.69) is 19.2 Å². The van der Waals surface area contributed by atoms with Crippen LogP contribution in [0.25, 0.3) is 0 Å². The average molecular weight is 357 g/mol. The van der Waals surface area contributed by atoms with Crippen LogP contribution >= 0.6 is 0 Å². The minimum absolute atomic E-state index is 0.130. The number of hydrogen-bond donors (Lipinski definition) is 2. The molecule has 5 heteroatoms. The van der Waals surface area contributed by atoms with Gasteiger partial charge in [0.05, 0.1) is 5.92 Å². The highest BCUT2D eigenvalue weighted by atomic mass is 16.4.